The van der Waals surface area contributed by atoms with Gasteiger partial charge in [-0.15, -0.1) is 4.72 Å². The molecule has 1 aliphatic heterocycles. The molecular formula is C19H40N2O2SSi. The van der Waals surface area contributed by atoms with Crippen LogP contribution in [0.1, 0.15) is 67.2 Å². The fraction of sp³-hybridized carbons (Fsp3) is 1.00. The molecule has 25 heavy (non-hydrogen) atoms. The summed E-state index contributed by atoms with van der Waals surface area (Å²) in [5.74, 6) is 0. The van der Waals surface area contributed by atoms with Crippen LogP contribution in [0.4, 0.5) is 0 Å². The first-order valence-corrected chi connectivity index (χ1v) is 13.9. The summed E-state index contributed by atoms with van der Waals surface area (Å²) in [6.45, 7) is 19.9. The van der Waals surface area contributed by atoms with Crippen molar-refractivity contribution in [2.45, 2.75) is 102 Å². The van der Waals surface area contributed by atoms with E-state index in [4.69, 9.17) is 4.43 Å². The zero-order chi connectivity index (χ0) is 19.1. The highest BCUT2D eigenvalue weighted by atomic mass is 32.2. The Labute approximate surface area is 159 Å². The number of hydrogen-bond donors (Lipinski definition) is 2. The summed E-state index contributed by atoms with van der Waals surface area (Å²) in [5.41, 5.74) is 0.235. The Morgan fingerprint density at radius 3 is 2.16 bits per heavy atom. The third kappa shape index (κ3) is 5.02. The van der Waals surface area contributed by atoms with Crippen LogP contribution in [0.2, 0.25) is 18.1 Å². The lowest BCUT2D eigenvalue weighted by Gasteiger charge is -2.41. The van der Waals surface area contributed by atoms with Gasteiger partial charge in [-0.25, -0.2) is 0 Å². The molecule has 2 rings (SSSR count). The maximum atomic E-state index is 12.7. The van der Waals surface area contributed by atoms with Gasteiger partial charge in [0.25, 0.3) is 0 Å². The molecule has 6 heteroatoms. The predicted octanol–water partition coefficient (Wildman–Crippen LogP) is 3.96. The van der Waals surface area contributed by atoms with Crippen molar-refractivity contribution in [2.24, 2.45) is 5.41 Å². The average molecular weight is 389 g/mol. The third-order valence-corrected chi connectivity index (χ3v) is 12.7. The first kappa shape index (κ1) is 21.7. The molecule has 0 bridgehead atoms. The first-order valence-electron chi connectivity index (χ1n) is 9.83. The number of hydrogen-bond acceptors (Lipinski definition) is 4. The van der Waals surface area contributed by atoms with Gasteiger partial charge >= 0.3 is 0 Å². The van der Waals surface area contributed by atoms with E-state index in [0.717, 1.165) is 38.8 Å². The topological polar surface area (TPSA) is 56.3 Å². The zero-order valence-electron chi connectivity index (χ0n) is 17.6. The van der Waals surface area contributed by atoms with E-state index in [9.17, 15) is 4.55 Å². The van der Waals surface area contributed by atoms with E-state index in [1.807, 2.05) is 20.8 Å². The number of rotatable bonds is 4. The Hall–Kier alpha value is 0.407. The molecule has 0 amide bonds. The molecule has 148 valence electrons. The van der Waals surface area contributed by atoms with Crippen LogP contribution >= 0.6 is 0 Å². The van der Waals surface area contributed by atoms with Gasteiger partial charge < -0.3 is 14.3 Å². The summed E-state index contributed by atoms with van der Waals surface area (Å²) in [6, 6.07) is 0.296. The van der Waals surface area contributed by atoms with Crippen molar-refractivity contribution in [3.05, 3.63) is 0 Å². The molecule has 1 saturated heterocycles. The minimum atomic E-state index is -1.78. The summed E-state index contributed by atoms with van der Waals surface area (Å²) in [4.78, 5) is 0. The lowest BCUT2D eigenvalue weighted by Crippen LogP contribution is -2.52. The summed E-state index contributed by atoms with van der Waals surface area (Å²) >= 11 is -1.02. The maximum Gasteiger partial charge on any atom is 0.192 e. The predicted molar refractivity (Wildman–Crippen MR) is 111 cm³/mol. The lowest BCUT2D eigenvalue weighted by atomic mass is 9.75. The van der Waals surface area contributed by atoms with Crippen LogP contribution in [-0.4, -0.2) is 42.9 Å². The van der Waals surface area contributed by atoms with Crippen molar-refractivity contribution in [3.8, 4) is 0 Å². The van der Waals surface area contributed by atoms with Gasteiger partial charge in [-0.1, -0.05) is 20.8 Å². The molecule has 0 radical (unpaired) electrons. The summed E-state index contributed by atoms with van der Waals surface area (Å²) in [7, 11) is -1.78. The van der Waals surface area contributed by atoms with E-state index in [1.165, 1.54) is 0 Å². The van der Waals surface area contributed by atoms with Gasteiger partial charge in [0.2, 0.25) is 0 Å². The molecule has 1 heterocycles. The second-order valence-electron chi connectivity index (χ2n) is 10.6. The van der Waals surface area contributed by atoms with Gasteiger partial charge in [-0.2, -0.15) is 0 Å². The Balaban J connectivity index is 2.14. The standard InChI is InChI=1S/C19H40N2O2SSi/c1-17(2,3)24(22)21-16-13-15(23-25(7,8)18(4,5)6)14-19(16)9-11-20-12-10-19/h15-16,20-21H,9-14H2,1-8H3/t15-,16-,24-/m1/s1. The molecule has 4 nitrogen and oxygen atoms in total. The van der Waals surface area contributed by atoms with Gasteiger partial charge in [0.1, 0.15) is 4.75 Å². The highest BCUT2D eigenvalue weighted by Gasteiger charge is 2.52. The van der Waals surface area contributed by atoms with Crippen LogP contribution in [0.15, 0.2) is 0 Å². The molecule has 2 aliphatic rings. The quantitative estimate of drug-likeness (QED) is 0.565. The second kappa shape index (κ2) is 7.44. The van der Waals surface area contributed by atoms with E-state index in [-0.39, 0.29) is 15.2 Å². The molecule has 1 spiro atoms. The van der Waals surface area contributed by atoms with Crippen molar-refractivity contribution in [1.82, 2.24) is 10.0 Å². The van der Waals surface area contributed by atoms with Gasteiger partial charge in [0.15, 0.2) is 8.32 Å². The van der Waals surface area contributed by atoms with E-state index >= 15 is 0 Å². The molecule has 1 aliphatic carbocycles. The minimum Gasteiger partial charge on any atom is -0.598 e. The van der Waals surface area contributed by atoms with Crippen molar-refractivity contribution >= 4 is 19.7 Å². The summed E-state index contributed by atoms with van der Waals surface area (Å²) in [5, 5.41) is 3.72. The number of piperidine rings is 1. The fourth-order valence-corrected chi connectivity index (χ4v) is 6.16. The van der Waals surface area contributed by atoms with E-state index in [0.29, 0.717) is 12.1 Å². The van der Waals surface area contributed by atoms with Crippen molar-refractivity contribution in [3.63, 3.8) is 0 Å². The van der Waals surface area contributed by atoms with Gasteiger partial charge in [0.05, 0.1) is 6.04 Å². The Morgan fingerprint density at radius 1 is 1.12 bits per heavy atom. The highest BCUT2D eigenvalue weighted by Crippen LogP contribution is 2.49. The molecule has 0 unspecified atom stereocenters. The van der Waals surface area contributed by atoms with Crippen molar-refractivity contribution < 1.29 is 8.98 Å². The van der Waals surface area contributed by atoms with Crippen molar-refractivity contribution in [2.75, 3.05) is 13.1 Å². The Morgan fingerprint density at radius 2 is 1.68 bits per heavy atom. The highest BCUT2D eigenvalue weighted by molar-refractivity contribution is 7.90. The molecule has 0 aromatic rings. The molecule has 2 N–H and O–H groups in total. The minimum absolute atomic E-state index is 0.230. The van der Waals surface area contributed by atoms with Crippen LogP contribution in [0.3, 0.4) is 0 Å². The molecule has 2 fully saturated rings. The van der Waals surface area contributed by atoms with Gasteiger partial charge in [-0.05, 0) is 83.1 Å². The van der Waals surface area contributed by atoms with Gasteiger partial charge in [0, 0.05) is 17.5 Å². The maximum absolute atomic E-state index is 12.7. The molecule has 0 aromatic heterocycles. The zero-order valence-corrected chi connectivity index (χ0v) is 19.4. The monoisotopic (exact) mass is 388 g/mol. The molecule has 1 saturated carbocycles. The van der Waals surface area contributed by atoms with E-state index in [1.54, 1.807) is 0 Å². The molecule has 0 aromatic carbocycles. The van der Waals surface area contributed by atoms with Crippen LogP contribution < -0.4 is 10.0 Å². The SMILES string of the molecule is CC(C)(C)[S@@+]([O-])N[C@@H]1C[C@@H](O[Si](C)(C)C(C)(C)C)CC12CCNCC2. The Kier molecular flexibility index (Phi) is 6.46. The summed E-state index contributed by atoms with van der Waals surface area (Å²) < 4.78 is 22.8. The average Bonchev–Trinajstić information content (AvgIpc) is 2.73. The van der Waals surface area contributed by atoms with Crippen LogP contribution in [0.25, 0.3) is 0 Å². The summed E-state index contributed by atoms with van der Waals surface area (Å²) in [6.07, 6.45) is 4.72. The van der Waals surface area contributed by atoms with E-state index < -0.39 is 19.7 Å². The second-order valence-corrected chi connectivity index (χ2v) is 17.4. The van der Waals surface area contributed by atoms with Crippen LogP contribution in [0, 0.1) is 5.41 Å². The molecule has 3 atom stereocenters. The first-order chi connectivity index (χ1) is 11.3. The van der Waals surface area contributed by atoms with Gasteiger partial charge in [-0.3, -0.25) is 0 Å². The van der Waals surface area contributed by atoms with Crippen LogP contribution in [-0.2, 0) is 15.8 Å². The van der Waals surface area contributed by atoms with E-state index in [2.05, 4.69) is 43.9 Å². The van der Waals surface area contributed by atoms with Crippen LogP contribution in [0.5, 0.6) is 0 Å². The smallest absolute Gasteiger partial charge is 0.192 e. The largest absolute Gasteiger partial charge is 0.598 e. The molecular weight excluding hydrogens is 348 g/mol. The van der Waals surface area contributed by atoms with Crippen molar-refractivity contribution in [1.29, 1.82) is 0 Å². The normalized spacial score (nSPS) is 29.2. The lowest BCUT2D eigenvalue weighted by molar-refractivity contribution is 0.137. The fourth-order valence-electron chi connectivity index (χ4n) is 3.83. The Bertz CT molecular complexity index is 453. The number of nitrogens with one attached hydrogen (secondary N) is 2. The third-order valence-electron chi connectivity index (χ3n) is 6.54.